The highest BCUT2D eigenvalue weighted by molar-refractivity contribution is 9.11. The van der Waals surface area contributed by atoms with Gasteiger partial charge in [-0.3, -0.25) is 4.79 Å². The lowest BCUT2D eigenvalue weighted by molar-refractivity contribution is -0.152. The number of methoxy groups -OCH3 is 2. The van der Waals surface area contributed by atoms with Gasteiger partial charge in [-0.15, -0.1) is 11.3 Å². The van der Waals surface area contributed by atoms with Crippen molar-refractivity contribution in [1.82, 2.24) is 5.32 Å². The van der Waals surface area contributed by atoms with Crippen LogP contribution in [0, 0.1) is 5.92 Å². The standard InChI is InChI=1S/C17H18BrNO6S/c1-8-12(15(20)23-3)14(13(9(2)19-8)16(21)24-4)17(22)25-6-10-5-11(18)26-7-10/h5,7,14,19H,6H2,1-4H3. The van der Waals surface area contributed by atoms with E-state index in [1.54, 1.807) is 13.8 Å². The summed E-state index contributed by atoms with van der Waals surface area (Å²) in [4.78, 5) is 37.2. The van der Waals surface area contributed by atoms with Gasteiger partial charge in [0.05, 0.1) is 29.2 Å². The van der Waals surface area contributed by atoms with E-state index in [0.717, 1.165) is 9.35 Å². The molecule has 0 radical (unpaired) electrons. The first-order valence-corrected chi connectivity index (χ1v) is 9.22. The second-order valence-corrected chi connectivity index (χ2v) is 7.78. The van der Waals surface area contributed by atoms with Crippen LogP contribution in [0.2, 0.25) is 0 Å². The van der Waals surface area contributed by atoms with E-state index < -0.39 is 23.8 Å². The molecule has 1 N–H and O–H groups in total. The molecule has 0 saturated heterocycles. The first kappa shape index (κ1) is 20.2. The molecule has 0 saturated carbocycles. The second kappa shape index (κ2) is 8.50. The number of rotatable bonds is 5. The van der Waals surface area contributed by atoms with Crippen LogP contribution in [0.3, 0.4) is 0 Å². The fraction of sp³-hybridized carbons (Fsp3) is 0.353. The Kier molecular flexibility index (Phi) is 6.60. The third-order valence-electron chi connectivity index (χ3n) is 3.81. The second-order valence-electron chi connectivity index (χ2n) is 5.49. The zero-order chi connectivity index (χ0) is 19.4. The first-order chi connectivity index (χ1) is 12.3. The summed E-state index contributed by atoms with van der Waals surface area (Å²) in [6, 6.07) is 1.82. The molecule has 26 heavy (non-hydrogen) atoms. The van der Waals surface area contributed by atoms with Gasteiger partial charge in [0.1, 0.15) is 12.5 Å². The highest BCUT2D eigenvalue weighted by Crippen LogP contribution is 2.32. The van der Waals surface area contributed by atoms with Crippen molar-refractivity contribution in [1.29, 1.82) is 0 Å². The van der Waals surface area contributed by atoms with Crippen LogP contribution in [0.15, 0.2) is 37.8 Å². The maximum atomic E-state index is 12.8. The molecule has 1 aromatic rings. The number of hydrogen-bond acceptors (Lipinski definition) is 8. The number of esters is 3. The fourth-order valence-electron chi connectivity index (χ4n) is 2.65. The van der Waals surface area contributed by atoms with Gasteiger partial charge in [0, 0.05) is 17.0 Å². The van der Waals surface area contributed by atoms with Gasteiger partial charge in [-0.05, 0) is 41.2 Å². The Bertz CT molecular complexity index is 772. The molecule has 7 nitrogen and oxygen atoms in total. The van der Waals surface area contributed by atoms with Crippen LogP contribution in [0.25, 0.3) is 0 Å². The number of carbonyl (C=O) groups is 3. The summed E-state index contributed by atoms with van der Waals surface area (Å²) >= 11 is 4.80. The van der Waals surface area contributed by atoms with Gasteiger partial charge in [-0.2, -0.15) is 0 Å². The molecule has 0 aromatic carbocycles. The van der Waals surface area contributed by atoms with Crippen molar-refractivity contribution in [2.45, 2.75) is 20.5 Å². The van der Waals surface area contributed by atoms with Gasteiger partial charge in [-0.1, -0.05) is 0 Å². The Balaban J connectivity index is 2.37. The first-order valence-electron chi connectivity index (χ1n) is 7.54. The lowest BCUT2D eigenvalue weighted by Gasteiger charge is -2.28. The zero-order valence-electron chi connectivity index (χ0n) is 14.7. The number of allylic oxidation sites excluding steroid dienone is 2. The smallest absolute Gasteiger partial charge is 0.336 e. The number of halogens is 1. The van der Waals surface area contributed by atoms with Crippen LogP contribution >= 0.6 is 27.3 Å². The zero-order valence-corrected chi connectivity index (χ0v) is 17.1. The topological polar surface area (TPSA) is 90.9 Å². The van der Waals surface area contributed by atoms with E-state index in [1.807, 2.05) is 11.4 Å². The molecule has 140 valence electrons. The minimum atomic E-state index is -1.22. The lowest BCUT2D eigenvalue weighted by Crippen LogP contribution is -2.37. The van der Waals surface area contributed by atoms with Crippen LogP contribution in [0.1, 0.15) is 19.4 Å². The molecular formula is C17H18BrNO6S. The van der Waals surface area contributed by atoms with E-state index in [2.05, 4.69) is 21.2 Å². The van der Waals surface area contributed by atoms with Gasteiger partial charge in [0.15, 0.2) is 0 Å². The number of carbonyl (C=O) groups excluding carboxylic acids is 3. The minimum Gasteiger partial charge on any atom is -0.466 e. The van der Waals surface area contributed by atoms with Crippen molar-refractivity contribution in [3.05, 3.63) is 43.3 Å². The number of nitrogens with one attached hydrogen (secondary N) is 1. The highest BCUT2D eigenvalue weighted by Gasteiger charge is 2.42. The van der Waals surface area contributed by atoms with Crippen molar-refractivity contribution in [2.24, 2.45) is 5.92 Å². The van der Waals surface area contributed by atoms with E-state index in [9.17, 15) is 14.4 Å². The molecule has 0 unspecified atom stereocenters. The molecule has 0 amide bonds. The summed E-state index contributed by atoms with van der Waals surface area (Å²) in [7, 11) is 2.41. The van der Waals surface area contributed by atoms with Crippen LogP contribution in [0.4, 0.5) is 0 Å². The Hall–Kier alpha value is -2.13. The molecule has 2 rings (SSSR count). The number of hydrogen-bond donors (Lipinski definition) is 1. The fourth-order valence-corrected chi connectivity index (χ4v) is 3.84. The van der Waals surface area contributed by atoms with Crippen LogP contribution in [-0.4, -0.2) is 32.1 Å². The normalized spacial score (nSPS) is 14.8. The summed E-state index contributed by atoms with van der Waals surface area (Å²) in [5.74, 6) is -3.39. The molecule has 0 bridgehead atoms. The molecule has 0 fully saturated rings. The minimum absolute atomic E-state index is 0.0197. The van der Waals surface area contributed by atoms with Crippen LogP contribution in [-0.2, 0) is 35.2 Å². The van der Waals surface area contributed by atoms with E-state index >= 15 is 0 Å². The SMILES string of the molecule is COC(=O)C1=C(C)NC(C)=C(C(=O)OC)C1C(=O)OCc1csc(Br)c1. The van der Waals surface area contributed by atoms with Crippen molar-refractivity contribution in [3.8, 4) is 0 Å². The Morgan fingerprint density at radius 2 is 1.65 bits per heavy atom. The molecule has 0 atom stereocenters. The van der Waals surface area contributed by atoms with E-state index in [1.165, 1.54) is 25.6 Å². The van der Waals surface area contributed by atoms with E-state index in [0.29, 0.717) is 11.4 Å². The lowest BCUT2D eigenvalue weighted by atomic mass is 9.85. The van der Waals surface area contributed by atoms with Crippen LogP contribution in [0.5, 0.6) is 0 Å². The molecule has 9 heteroatoms. The average molecular weight is 444 g/mol. The molecule has 1 aliphatic heterocycles. The van der Waals surface area contributed by atoms with Gasteiger partial charge >= 0.3 is 17.9 Å². The summed E-state index contributed by atoms with van der Waals surface area (Å²) in [5, 5.41) is 4.75. The molecule has 2 heterocycles. The monoisotopic (exact) mass is 443 g/mol. The van der Waals surface area contributed by atoms with Crippen molar-refractivity contribution >= 4 is 45.2 Å². The number of thiophene rings is 1. The summed E-state index contributed by atoms with van der Waals surface area (Å²) in [5.41, 5.74) is 1.68. The summed E-state index contributed by atoms with van der Waals surface area (Å²) < 4.78 is 15.8. The molecule has 1 aliphatic rings. The summed E-state index contributed by atoms with van der Waals surface area (Å²) in [6.45, 7) is 3.27. The summed E-state index contributed by atoms with van der Waals surface area (Å²) in [6.07, 6.45) is 0. The number of ether oxygens (including phenoxy) is 3. The van der Waals surface area contributed by atoms with E-state index in [-0.39, 0.29) is 17.8 Å². The average Bonchev–Trinajstić information content (AvgIpc) is 3.03. The maximum absolute atomic E-state index is 12.8. The van der Waals surface area contributed by atoms with Gasteiger partial charge in [0.25, 0.3) is 0 Å². The quantitative estimate of drug-likeness (QED) is 0.552. The van der Waals surface area contributed by atoms with Crippen molar-refractivity contribution < 1.29 is 28.6 Å². The van der Waals surface area contributed by atoms with Gasteiger partial charge in [0.2, 0.25) is 0 Å². The molecular weight excluding hydrogens is 426 g/mol. The molecule has 1 aromatic heterocycles. The highest BCUT2D eigenvalue weighted by atomic mass is 79.9. The maximum Gasteiger partial charge on any atom is 0.336 e. The van der Waals surface area contributed by atoms with Crippen molar-refractivity contribution in [3.63, 3.8) is 0 Å². The van der Waals surface area contributed by atoms with Gasteiger partial charge in [-0.25, -0.2) is 9.59 Å². The van der Waals surface area contributed by atoms with Crippen LogP contribution < -0.4 is 5.32 Å². The predicted octanol–water partition coefficient (Wildman–Crippen LogP) is 2.67. The van der Waals surface area contributed by atoms with Crippen molar-refractivity contribution in [2.75, 3.05) is 14.2 Å². The molecule has 0 aliphatic carbocycles. The van der Waals surface area contributed by atoms with Gasteiger partial charge < -0.3 is 19.5 Å². The molecule has 0 spiro atoms. The third kappa shape index (κ3) is 4.16. The largest absolute Gasteiger partial charge is 0.466 e. The number of dihydropyridines is 1. The Morgan fingerprint density at radius 1 is 1.12 bits per heavy atom. The Morgan fingerprint density at radius 3 is 2.08 bits per heavy atom. The third-order valence-corrected chi connectivity index (χ3v) is 5.36. The predicted molar refractivity (Wildman–Crippen MR) is 97.9 cm³/mol. The van der Waals surface area contributed by atoms with E-state index in [4.69, 9.17) is 14.2 Å². The Labute approximate surface area is 163 Å².